The van der Waals surface area contributed by atoms with Gasteiger partial charge in [-0.1, -0.05) is 37.3 Å². The number of benzene rings is 2. The summed E-state index contributed by atoms with van der Waals surface area (Å²) in [6, 6.07) is 15.3. The summed E-state index contributed by atoms with van der Waals surface area (Å²) >= 11 is 0. The molecule has 3 rings (SSSR count). The molecule has 28 heavy (non-hydrogen) atoms. The fourth-order valence-electron chi connectivity index (χ4n) is 3.65. The summed E-state index contributed by atoms with van der Waals surface area (Å²) in [7, 11) is 0. The lowest BCUT2D eigenvalue weighted by Crippen LogP contribution is -2.48. The average Bonchev–Trinajstić information content (AvgIpc) is 2.74. The predicted octanol–water partition coefficient (Wildman–Crippen LogP) is 4.33. The Morgan fingerprint density at radius 1 is 1.11 bits per heavy atom. The second-order valence-electron chi connectivity index (χ2n) is 7.48. The largest absolute Gasteiger partial charge is 0.353 e. The molecule has 3 atom stereocenters. The van der Waals surface area contributed by atoms with Crippen molar-refractivity contribution in [1.82, 2.24) is 10.2 Å². The summed E-state index contributed by atoms with van der Waals surface area (Å²) in [5.74, 6) is -0.640. The van der Waals surface area contributed by atoms with Crippen molar-refractivity contribution < 1.29 is 14.0 Å². The molecule has 0 aromatic heterocycles. The van der Waals surface area contributed by atoms with E-state index in [-0.39, 0.29) is 35.6 Å². The quantitative estimate of drug-likeness (QED) is 0.837. The third-order valence-electron chi connectivity index (χ3n) is 5.49. The highest BCUT2D eigenvalue weighted by molar-refractivity contribution is 5.95. The highest BCUT2D eigenvalue weighted by Gasteiger charge is 2.36. The third-order valence-corrected chi connectivity index (χ3v) is 5.49. The number of piperidine rings is 1. The zero-order valence-electron chi connectivity index (χ0n) is 16.4. The maximum absolute atomic E-state index is 13.4. The van der Waals surface area contributed by atoms with Crippen LogP contribution in [0, 0.1) is 11.7 Å². The Morgan fingerprint density at radius 3 is 2.43 bits per heavy atom. The third kappa shape index (κ3) is 4.58. The smallest absolute Gasteiger partial charge is 0.254 e. The highest BCUT2D eigenvalue weighted by Crippen LogP contribution is 2.34. The standard InChI is InChI=1S/C23H27FN2O2/c1-3-16(2)25-22(27)19-11-14-21(17-9-12-20(24)13-10-17)26(15-19)23(28)18-7-5-4-6-8-18/h4-10,12-13,16,19,21H,3,11,14-15H2,1-2H3,(H,25,27)/t16-,19+,21-/m0/s1. The van der Waals surface area contributed by atoms with Crippen LogP contribution in [-0.2, 0) is 4.79 Å². The lowest BCUT2D eigenvalue weighted by atomic mass is 9.87. The number of amides is 2. The Kier molecular flexibility index (Phi) is 6.45. The van der Waals surface area contributed by atoms with E-state index in [1.165, 1.54) is 12.1 Å². The molecule has 1 heterocycles. The van der Waals surface area contributed by atoms with Gasteiger partial charge in [0.15, 0.2) is 0 Å². The van der Waals surface area contributed by atoms with Crippen molar-refractivity contribution in [2.75, 3.05) is 6.54 Å². The van der Waals surface area contributed by atoms with Crippen molar-refractivity contribution in [3.8, 4) is 0 Å². The van der Waals surface area contributed by atoms with Gasteiger partial charge >= 0.3 is 0 Å². The number of hydrogen-bond donors (Lipinski definition) is 1. The van der Waals surface area contributed by atoms with Gasteiger partial charge in [-0.2, -0.15) is 0 Å². The fraction of sp³-hybridized carbons (Fsp3) is 0.391. The van der Waals surface area contributed by atoms with Crippen molar-refractivity contribution in [2.24, 2.45) is 5.92 Å². The first-order valence-corrected chi connectivity index (χ1v) is 9.91. The number of halogens is 1. The normalized spacial score (nSPS) is 20.5. The van der Waals surface area contributed by atoms with E-state index in [4.69, 9.17) is 0 Å². The van der Waals surface area contributed by atoms with Crippen molar-refractivity contribution in [1.29, 1.82) is 0 Å². The molecule has 1 fully saturated rings. The summed E-state index contributed by atoms with van der Waals surface area (Å²) in [5.41, 5.74) is 1.49. The first-order valence-electron chi connectivity index (χ1n) is 9.91. The second kappa shape index (κ2) is 9.00. The molecule has 2 aromatic carbocycles. The van der Waals surface area contributed by atoms with Crippen LogP contribution in [0.2, 0.25) is 0 Å². The molecular formula is C23H27FN2O2. The summed E-state index contributed by atoms with van der Waals surface area (Å²) in [5, 5.41) is 3.03. The van der Waals surface area contributed by atoms with E-state index in [1.54, 1.807) is 29.2 Å². The molecule has 4 nitrogen and oxygen atoms in total. The lowest BCUT2D eigenvalue weighted by Gasteiger charge is -2.40. The van der Waals surface area contributed by atoms with Gasteiger partial charge in [0.1, 0.15) is 5.82 Å². The molecule has 1 saturated heterocycles. The van der Waals surface area contributed by atoms with Crippen LogP contribution in [0.1, 0.15) is 55.1 Å². The van der Waals surface area contributed by atoms with E-state index >= 15 is 0 Å². The summed E-state index contributed by atoms with van der Waals surface area (Å²) < 4.78 is 13.4. The van der Waals surface area contributed by atoms with Gasteiger partial charge in [0.05, 0.1) is 12.0 Å². The Morgan fingerprint density at radius 2 is 1.79 bits per heavy atom. The second-order valence-corrected chi connectivity index (χ2v) is 7.48. The molecule has 1 aliphatic rings. The van der Waals surface area contributed by atoms with Gasteiger partial charge in [-0.15, -0.1) is 0 Å². The van der Waals surface area contributed by atoms with Gasteiger partial charge in [-0.05, 0) is 56.0 Å². The molecule has 5 heteroatoms. The van der Waals surface area contributed by atoms with Gasteiger partial charge < -0.3 is 10.2 Å². The van der Waals surface area contributed by atoms with Crippen molar-refractivity contribution >= 4 is 11.8 Å². The molecule has 0 aliphatic carbocycles. The summed E-state index contributed by atoms with van der Waals surface area (Å²) in [4.78, 5) is 27.6. The van der Waals surface area contributed by atoms with Crippen LogP contribution >= 0.6 is 0 Å². The van der Waals surface area contributed by atoms with Gasteiger partial charge in [0, 0.05) is 18.2 Å². The van der Waals surface area contributed by atoms with Crippen molar-refractivity contribution in [3.63, 3.8) is 0 Å². The Bertz CT molecular complexity index is 807. The molecule has 148 valence electrons. The maximum Gasteiger partial charge on any atom is 0.254 e. The lowest BCUT2D eigenvalue weighted by molar-refractivity contribution is -0.127. The Balaban J connectivity index is 1.85. The molecule has 1 N–H and O–H groups in total. The van der Waals surface area contributed by atoms with Crippen molar-refractivity contribution in [2.45, 2.75) is 45.2 Å². The van der Waals surface area contributed by atoms with Crippen LogP contribution in [0.3, 0.4) is 0 Å². The number of carbonyl (C=O) groups is 2. The first kappa shape index (κ1) is 20.1. The van der Waals surface area contributed by atoms with Crippen LogP contribution in [0.5, 0.6) is 0 Å². The van der Waals surface area contributed by atoms with Crippen LogP contribution in [-0.4, -0.2) is 29.3 Å². The number of likely N-dealkylation sites (tertiary alicyclic amines) is 1. The molecule has 2 amide bonds. The zero-order chi connectivity index (χ0) is 20.1. The summed E-state index contributed by atoms with van der Waals surface area (Å²) in [6.07, 6.45) is 2.23. The van der Waals surface area contributed by atoms with Gasteiger partial charge in [0.25, 0.3) is 5.91 Å². The molecule has 0 unspecified atom stereocenters. The van der Waals surface area contributed by atoms with Crippen LogP contribution in [0.25, 0.3) is 0 Å². The van der Waals surface area contributed by atoms with Crippen molar-refractivity contribution in [3.05, 3.63) is 71.5 Å². The van der Waals surface area contributed by atoms with E-state index < -0.39 is 0 Å². The molecule has 2 aromatic rings. The minimum Gasteiger partial charge on any atom is -0.353 e. The van der Waals surface area contributed by atoms with E-state index in [1.807, 2.05) is 32.0 Å². The SMILES string of the molecule is CC[C@H](C)NC(=O)[C@@H]1CC[C@@H](c2ccc(F)cc2)N(C(=O)c2ccccc2)C1. The Hall–Kier alpha value is -2.69. The number of nitrogens with zero attached hydrogens (tertiary/aromatic N) is 1. The summed E-state index contributed by atoms with van der Waals surface area (Å²) in [6.45, 7) is 4.37. The topological polar surface area (TPSA) is 49.4 Å². The van der Waals surface area contributed by atoms with E-state index in [9.17, 15) is 14.0 Å². The molecule has 0 saturated carbocycles. The predicted molar refractivity (Wildman–Crippen MR) is 107 cm³/mol. The maximum atomic E-state index is 13.4. The number of nitrogens with one attached hydrogen (secondary N) is 1. The molecule has 0 spiro atoms. The van der Waals surface area contributed by atoms with E-state index in [0.717, 1.165) is 12.0 Å². The molecule has 0 radical (unpaired) electrons. The van der Waals surface area contributed by atoms with Gasteiger partial charge in [-0.3, -0.25) is 9.59 Å². The highest BCUT2D eigenvalue weighted by atomic mass is 19.1. The first-order chi connectivity index (χ1) is 13.5. The molecule has 1 aliphatic heterocycles. The van der Waals surface area contributed by atoms with Crippen LogP contribution in [0.15, 0.2) is 54.6 Å². The minimum absolute atomic E-state index is 0.00207. The van der Waals surface area contributed by atoms with Crippen LogP contribution in [0.4, 0.5) is 4.39 Å². The number of carbonyl (C=O) groups excluding carboxylic acids is 2. The molecular weight excluding hydrogens is 355 g/mol. The van der Waals surface area contributed by atoms with E-state index in [2.05, 4.69) is 5.32 Å². The zero-order valence-corrected chi connectivity index (χ0v) is 16.4. The van der Waals surface area contributed by atoms with Gasteiger partial charge in [-0.25, -0.2) is 4.39 Å². The van der Waals surface area contributed by atoms with E-state index in [0.29, 0.717) is 24.9 Å². The minimum atomic E-state index is -0.300. The Labute approximate surface area is 165 Å². The fourth-order valence-corrected chi connectivity index (χ4v) is 3.65. The molecule has 0 bridgehead atoms. The van der Waals surface area contributed by atoms with Gasteiger partial charge in [0.2, 0.25) is 5.91 Å². The van der Waals surface area contributed by atoms with Crippen LogP contribution < -0.4 is 5.32 Å². The average molecular weight is 382 g/mol. The number of rotatable bonds is 5. The monoisotopic (exact) mass is 382 g/mol. The number of hydrogen-bond acceptors (Lipinski definition) is 2.